The predicted molar refractivity (Wildman–Crippen MR) is 73.1 cm³/mol. The van der Waals surface area contributed by atoms with Gasteiger partial charge in [-0.05, 0) is 37.5 Å². The Morgan fingerprint density at radius 2 is 2.11 bits per heavy atom. The first-order chi connectivity index (χ1) is 9.00. The van der Waals surface area contributed by atoms with Crippen LogP contribution in [0.2, 0.25) is 0 Å². The Kier molecular flexibility index (Phi) is 4.10. The smallest absolute Gasteiger partial charge is 0.260 e. The summed E-state index contributed by atoms with van der Waals surface area (Å²) in [5.41, 5.74) is 0.493. The van der Waals surface area contributed by atoms with Gasteiger partial charge in [0.1, 0.15) is 5.75 Å². The maximum Gasteiger partial charge on any atom is 0.260 e. The summed E-state index contributed by atoms with van der Waals surface area (Å²) in [7, 11) is 0. The predicted octanol–water partition coefficient (Wildman–Crippen LogP) is 1.61. The molecule has 1 aromatic rings. The number of hydrogen-bond donors (Lipinski definition) is 1. The van der Waals surface area contributed by atoms with E-state index >= 15 is 0 Å². The maximum absolute atomic E-state index is 11.9. The topological polar surface area (TPSA) is 49.8 Å². The van der Waals surface area contributed by atoms with E-state index in [4.69, 9.17) is 4.74 Å². The van der Waals surface area contributed by atoms with Gasteiger partial charge in [0.05, 0.1) is 5.60 Å². The van der Waals surface area contributed by atoms with Crippen molar-refractivity contribution < 1.29 is 14.6 Å². The minimum atomic E-state index is -0.752. The summed E-state index contributed by atoms with van der Waals surface area (Å²) in [4.78, 5) is 13.6. The van der Waals surface area contributed by atoms with E-state index in [0.29, 0.717) is 25.3 Å². The molecule has 0 aromatic heterocycles. The number of β-amino-alcohol motifs (C(OH)–C–C–N with tert-alkyl or cyclic N) is 1. The van der Waals surface area contributed by atoms with Crippen LogP contribution < -0.4 is 4.74 Å². The van der Waals surface area contributed by atoms with Crippen molar-refractivity contribution in [1.29, 1.82) is 0 Å². The molecule has 1 atom stereocenters. The normalized spacial score (nSPS) is 22.6. The molecule has 4 heteroatoms. The van der Waals surface area contributed by atoms with Crippen LogP contribution in [0.3, 0.4) is 0 Å². The number of aliphatic hydroxyl groups is 1. The van der Waals surface area contributed by atoms with E-state index in [1.54, 1.807) is 11.8 Å². The minimum absolute atomic E-state index is 0.0293. The maximum atomic E-state index is 11.9. The monoisotopic (exact) mass is 263 g/mol. The van der Waals surface area contributed by atoms with Crippen LogP contribution in [0.1, 0.15) is 25.8 Å². The molecule has 0 radical (unpaired) electrons. The summed E-state index contributed by atoms with van der Waals surface area (Å²) in [6.07, 6.45) is 1.62. The fraction of sp³-hybridized carbons (Fsp3) is 0.533. The number of hydrogen-bond acceptors (Lipinski definition) is 3. The van der Waals surface area contributed by atoms with Gasteiger partial charge in [0.25, 0.3) is 5.91 Å². The number of aryl methyl sites for hydroxylation is 1. The summed E-state index contributed by atoms with van der Waals surface area (Å²) in [5, 5.41) is 9.82. The lowest BCUT2D eigenvalue weighted by atomic mass is 10.1. The fourth-order valence-corrected chi connectivity index (χ4v) is 2.22. The number of rotatable bonds is 4. The Labute approximate surface area is 114 Å². The van der Waals surface area contributed by atoms with Crippen molar-refractivity contribution in [2.75, 3.05) is 19.7 Å². The number of benzene rings is 1. The minimum Gasteiger partial charge on any atom is -0.484 e. The van der Waals surface area contributed by atoms with Crippen molar-refractivity contribution in [3.8, 4) is 5.75 Å². The van der Waals surface area contributed by atoms with Crippen LogP contribution in [0.15, 0.2) is 24.3 Å². The zero-order valence-electron chi connectivity index (χ0n) is 11.6. The van der Waals surface area contributed by atoms with Gasteiger partial charge in [0.2, 0.25) is 0 Å². The molecular weight excluding hydrogens is 242 g/mol. The lowest BCUT2D eigenvalue weighted by Crippen LogP contribution is -2.36. The SMILES string of the molecule is CCc1ccc(OCC(=O)N2CCC(C)(O)C2)cc1. The number of likely N-dealkylation sites (tertiary alicyclic amines) is 1. The largest absolute Gasteiger partial charge is 0.484 e. The third-order valence-corrected chi connectivity index (χ3v) is 3.50. The van der Waals surface area contributed by atoms with Crippen molar-refractivity contribution in [3.63, 3.8) is 0 Å². The first kappa shape index (κ1) is 13.9. The highest BCUT2D eigenvalue weighted by Gasteiger charge is 2.33. The van der Waals surface area contributed by atoms with Gasteiger partial charge >= 0.3 is 0 Å². The van der Waals surface area contributed by atoms with Crippen molar-refractivity contribution in [1.82, 2.24) is 4.90 Å². The second-order valence-electron chi connectivity index (χ2n) is 5.35. The summed E-state index contributed by atoms with van der Waals surface area (Å²) < 4.78 is 5.48. The zero-order chi connectivity index (χ0) is 13.9. The Morgan fingerprint density at radius 3 is 2.63 bits per heavy atom. The lowest BCUT2D eigenvalue weighted by molar-refractivity contribution is -0.133. The molecule has 0 saturated carbocycles. The third-order valence-electron chi connectivity index (χ3n) is 3.50. The molecule has 1 aromatic carbocycles. The molecule has 1 heterocycles. The van der Waals surface area contributed by atoms with Crippen LogP contribution in [-0.4, -0.2) is 41.2 Å². The molecule has 1 N–H and O–H groups in total. The van der Waals surface area contributed by atoms with Crippen LogP contribution in [0.25, 0.3) is 0 Å². The Morgan fingerprint density at radius 1 is 1.42 bits per heavy atom. The second-order valence-corrected chi connectivity index (χ2v) is 5.35. The highest BCUT2D eigenvalue weighted by Crippen LogP contribution is 2.20. The van der Waals surface area contributed by atoms with E-state index in [-0.39, 0.29) is 12.5 Å². The van der Waals surface area contributed by atoms with Gasteiger partial charge in [-0.3, -0.25) is 4.79 Å². The third kappa shape index (κ3) is 3.70. The van der Waals surface area contributed by atoms with Crippen molar-refractivity contribution in [3.05, 3.63) is 29.8 Å². The molecule has 1 saturated heterocycles. The Hall–Kier alpha value is -1.55. The van der Waals surface area contributed by atoms with E-state index in [1.165, 1.54) is 5.56 Å². The molecule has 4 nitrogen and oxygen atoms in total. The van der Waals surface area contributed by atoms with Crippen LogP contribution in [0.4, 0.5) is 0 Å². The van der Waals surface area contributed by atoms with Crippen LogP contribution in [0.5, 0.6) is 5.75 Å². The molecule has 1 unspecified atom stereocenters. The van der Waals surface area contributed by atoms with E-state index < -0.39 is 5.60 Å². The molecule has 19 heavy (non-hydrogen) atoms. The highest BCUT2D eigenvalue weighted by atomic mass is 16.5. The first-order valence-corrected chi connectivity index (χ1v) is 6.72. The van der Waals surface area contributed by atoms with E-state index in [9.17, 15) is 9.90 Å². The molecule has 104 valence electrons. The van der Waals surface area contributed by atoms with Gasteiger partial charge in [-0.15, -0.1) is 0 Å². The molecular formula is C15H21NO3. The molecule has 1 aliphatic rings. The van der Waals surface area contributed by atoms with E-state index in [1.807, 2.05) is 24.3 Å². The number of nitrogens with zero attached hydrogens (tertiary/aromatic N) is 1. The average Bonchev–Trinajstić information content (AvgIpc) is 2.77. The van der Waals surface area contributed by atoms with Gasteiger partial charge < -0.3 is 14.7 Å². The molecule has 1 fully saturated rings. The number of ether oxygens (including phenoxy) is 1. The number of carbonyl (C=O) groups is 1. The summed E-state index contributed by atoms with van der Waals surface area (Å²) in [6.45, 7) is 4.87. The first-order valence-electron chi connectivity index (χ1n) is 6.72. The van der Waals surface area contributed by atoms with Crippen LogP contribution in [-0.2, 0) is 11.2 Å². The quantitative estimate of drug-likeness (QED) is 0.898. The van der Waals surface area contributed by atoms with Crippen LogP contribution in [0, 0.1) is 0 Å². The summed E-state index contributed by atoms with van der Waals surface area (Å²) in [6, 6.07) is 7.76. The molecule has 2 rings (SSSR count). The molecule has 0 spiro atoms. The van der Waals surface area contributed by atoms with Gasteiger partial charge in [-0.25, -0.2) is 0 Å². The number of amides is 1. The Balaban J connectivity index is 1.83. The van der Waals surface area contributed by atoms with Gasteiger partial charge in [0, 0.05) is 13.1 Å². The molecule has 0 aliphatic carbocycles. The standard InChI is InChI=1S/C15H21NO3/c1-3-12-4-6-13(7-5-12)19-10-14(17)16-9-8-15(2,18)11-16/h4-7,18H,3,8-11H2,1-2H3. The second kappa shape index (κ2) is 5.61. The van der Waals surface area contributed by atoms with E-state index in [0.717, 1.165) is 6.42 Å². The van der Waals surface area contributed by atoms with Crippen molar-refractivity contribution in [2.24, 2.45) is 0 Å². The fourth-order valence-electron chi connectivity index (χ4n) is 2.22. The molecule has 0 bridgehead atoms. The Bertz CT molecular complexity index is 439. The van der Waals surface area contributed by atoms with Crippen molar-refractivity contribution in [2.45, 2.75) is 32.3 Å². The lowest BCUT2D eigenvalue weighted by Gasteiger charge is -2.19. The number of carbonyl (C=O) groups excluding carboxylic acids is 1. The van der Waals surface area contributed by atoms with E-state index in [2.05, 4.69) is 6.92 Å². The highest BCUT2D eigenvalue weighted by molar-refractivity contribution is 5.78. The average molecular weight is 263 g/mol. The molecule has 1 amide bonds. The van der Waals surface area contributed by atoms with Crippen molar-refractivity contribution >= 4 is 5.91 Å². The van der Waals surface area contributed by atoms with Crippen LogP contribution >= 0.6 is 0 Å². The van der Waals surface area contributed by atoms with Gasteiger partial charge in [-0.2, -0.15) is 0 Å². The summed E-state index contributed by atoms with van der Waals surface area (Å²) in [5.74, 6) is 0.633. The van der Waals surface area contributed by atoms with Gasteiger partial charge in [0.15, 0.2) is 6.61 Å². The molecule has 1 aliphatic heterocycles. The van der Waals surface area contributed by atoms with Gasteiger partial charge in [-0.1, -0.05) is 19.1 Å². The summed E-state index contributed by atoms with van der Waals surface area (Å²) >= 11 is 0. The zero-order valence-corrected chi connectivity index (χ0v) is 11.6.